The molecule has 1 rings (SSSR count). The van der Waals surface area contributed by atoms with Crippen molar-refractivity contribution in [3.63, 3.8) is 0 Å². The first-order chi connectivity index (χ1) is 17.5. The molecule has 36 heavy (non-hydrogen) atoms. The summed E-state index contributed by atoms with van der Waals surface area (Å²) in [5, 5.41) is 10.2. The highest BCUT2D eigenvalue weighted by Gasteiger charge is 2.27. The average molecular weight is 510 g/mol. The Balaban J connectivity index is 0.00000101. The molecule has 0 radical (unpaired) electrons. The molecule has 0 aromatic heterocycles. The van der Waals surface area contributed by atoms with Crippen molar-refractivity contribution in [1.82, 2.24) is 0 Å². The molecule has 0 bridgehead atoms. The van der Waals surface area contributed by atoms with E-state index in [1.807, 2.05) is 0 Å². The summed E-state index contributed by atoms with van der Waals surface area (Å²) in [6.07, 6.45) is 35.8. The average Bonchev–Trinajstić information content (AvgIpc) is 2.86. The van der Waals surface area contributed by atoms with Gasteiger partial charge in [0.25, 0.3) is 0 Å². The molecule has 1 aliphatic carbocycles. The fraction of sp³-hybridized carbons (Fsp3) is 0.970. The van der Waals surface area contributed by atoms with E-state index >= 15 is 0 Å². The van der Waals surface area contributed by atoms with Crippen LogP contribution in [0.15, 0.2) is 0 Å². The van der Waals surface area contributed by atoms with Crippen LogP contribution in [0.3, 0.4) is 0 Å². The van der Waals surface area contributed by atoms with Crippen LogP contribution in [0, 0.1) is 5.92 Å². The van der Waals surface area contributed by atoms with Crippen molar-refractivity contribution in [2.75, 3.05) is 0 Å². The summed E-state index contributed by atoms with van der Waals surface area (Å²) in [5.74, 6) is -0.467. The molecule has 1 fully saturated rings. The minimum absolute atomic E-state index is 0.278. The maximum Gasteiger partial charge on any atom is 0.0945 e. The smallest absolute Gasteiger partial charge is 0.0945 e. The van der Waals surface area contributed by atoms with Crippen molar-refractivity contribution < 1.29 is 15.6 Å². The fourth-order valence-corrected chi connectivity index (χ4v) is 5.84. The van der Waals surface area contributed by atoms with Gasteiger partial charge in [-0.2, -0.15) is 0 Å². The first kappa shape index (κ1) is 35.4. The van der Waals surface area contributed by atoms with E-state index in [0.29, 0.717) is 11.5 Å². The van der Waals surface area contributed by atoms with Gasteiger partial charge in [0.05, 0.1) is 5.54 Å². The van der Waals surface area contributed by atoms with Crippen molar-refractivity contribution >= 4 is 5.97 Å². The molecule has 0 heterocycles. The lowest BCUT2D eigenvalue weighted by Crippen LogP contribution is -2.72. The molecule has 0 aromatic rings. The number of aliphatic carboxylic acids is 1. The number of hydrogen-bond donors (Lipinski definition) is 1. The number of rotatable bonds is 23. The lowest BCUT2D eigenvalue weighted by molar-refractivity contribution is -0.484. The van der Waals surface area contributed by atoms with Crippen molar-refractivity contribution in [1.29, 1.82) is 0 Å². The molecule has 3 heteroatoms. The molecule has 0 spiro atoms. The molecule has 0 atom stereocenters. The van der Waals surface area contributed by atoms with Gasteiger partial charge in [0.2, 0.25) is 0 Å². The van der Waals surface area contributed by atoms with Crippen molar-refractivity contribution in [2.24, 2.45) is 5.92 Å². The van der Waals surface area contributed by atoms with Gasteiger partial charge in [-0.1, -0.05) is 149 Å². The van der Waals surface area contributed by atoms with E-state index in [9.17, 15) is 9.90 Å². The number of carboxylic acid groups (broad SMARTS) is 1. The predicted molar refractivity (Wildman–Crippen MR) is 156 cm³/mol. The predicted octanol–water partition coefficient (Wildman–Crippen LogP) is 8.93. The van der Waals surface area contributed by atoms with E-state index in [1.54, 1.807) is 0 Å². The first-order valence-electron chi connectivity index (χ1n) is 16.5. The zero-order valence-electron chi connectivity index (χ0n) is 25.2. The molecular formula is C33H67NO2. The molecule has 0 unspecified atom stereocenters. The van der Waals surface area contributed by atoms with Gasteiger partial charge in [-0.05, 0) is 31.6 Å². The van der Waals surface area contributed by atoms with Crippen LogP contribution in [-0.4, -0.2) is 11.5 Å². The van der Waals surface area contributed by atoms with Gasteiger partial charge in [-0.15, -0.1) is 0 Å². The van der Waals surface area contributed by atoms with Crippen molar-refractivity contribution in [2.45, 2.75) is 200 Å². The van der Waals surface area contributed by atoms with Crippen LogP contribution in [0.5, 0.6) is 0 Å². The third kappa shape index (κ3) is 23.8. The molecule has 0 amide bonds. The van der Waals surface area contributed by atoms with E-state index in [2.05, 4.69) is 20.8 Å². The van der Waals surface area contributed by atoms with Crippen LogP contribution in [0.25, 0.3) is 0 Å². The highest BCUT2D eigenvalue weighted by Crippen LogP contribution is 2.26. The lowest BCUT2D eigenvalue weighted by Gasteiger charge is -2.26. The molecule has 0 saturated heterocycles. The quantitative estimate of drug-likeness (QED) is 0.140. The third-order valence-corrected chi connectivity index (χ3v) is 8.36. The Hall–Kier alpha value is -0.570. The minimum atomic E-state index is -0.882. The maximum atomic E-state index is 10.2. The van der Waals surface area contributed by atoms with E-state index in [-0.39, 0.29) is 6.42 Å². The monoisotopic (exact) mass is 510 g/mol. The van der Waals surface area contributed by atoms with Crippen molar-refractivity contribution in [3.8, 4) is 0 Å². The molecule has 216 valence electrons. The summed E-state index contributed by atoms with van der Waals surface area (Å²) in [6, 6.07) is 0. The zero-order valence-corrected chi connectivity index (χ0v) is 25.2. The third-order valence-electron chi connectivity index (χ3n) is 8.36. The van der Waals surface area contributed by atoms with E-state index in [0.717, 1.165) is 12.8 Å². The minimum Gasteiger partial charge on any atom is -0.550 e. The Kier molecular flexibility index (Phi) is 25.6. The van der Waals surface area contributed by atoms with Gasteiger partial charge in [-0.25, -0.2) is 0 Å². The van der Waals surface area contributed by atoms with Crippen LogP contribution in [0.4, 0.5) is 0 Å². The number of hydrogen-bond acceptors (Lipinski definition) is 2. The highest BCUT2D eigenvalue weighted by atomic mass is 16.4. The SMILES string of the molecule is CCCCCCCCC([NH3+])(CCCCCCCC)CCCCCCCC.O=C([O-])CC1CCCCC1. The number of carboxylic acids is 1. The molecule has 1 aliphatic rings. The van der Waals surface area contributed by atoms with E-state index in [4.69, 9.17) is 5.73 Å². The number of quaternary nitrogens is 1. The molecule has 0 aliphatic heterocycles. The Labute approximate surface area is 227 Å². The summed E-state index contributed by atoms with van der Waals surface area (Å²) < 4.78 is 0. The van der Waals surface area contributed by atoms with Gasteiger partial charge in [0, 0.05) is 25.2 Å². The fourth-order valence-electron chi connectivity index (χ4n) is 5.84. The summed E-state index contributed by atoms with van der Waals surface area (Å²) in [5.41, 5.74) is 5.16. The summed E-state index contributed by atoms with van der Waals surface area (Å²) in [7, 11) is 0. The van der Waals surface area contributed by atoms with Crippen LogP contribution in [0.1, 0.15) is 194 Å². The molecule has 3 N–H and O–H groups in total. The Morgan fingerprint density at radius 1 is 0.611 bits per heavy atom. The Bertz CT molecular complexity index is 418. The number of carbonyl (C=O) groups excluding carboxylic acids is 1. The molecule has 3 nitrogen and oxygen atoms in total. The number of unbranched alkanes of at least 4 members (excludes halogenated alkanes) is 15. The summed E-state index contributed by atoms with van der Waals surface area (Å²) >= 11 is 0. The second kappa shape index (κ2) is 26.1. The zero-order chi connectivity index (χ0) is 26.7. The molecule has 1 saturated carbocycles. The van der Waals surface area contributed by atoms with E-state index < -0.39 is 5.97 Å². The van der Waals surface area contributed by atoms with Crippen LogP contribution in [0.2, 0.25) is 0 Å². The number of carbonyl (C=O) groups is 1. The lowest BCUT2D eigenvalue weighted by atomic mass is 9.82. The Morgan fingerprint density at radius 3 is 1.28 bits per heavy atom. The maximum absolute atomic E-state index is 10.2. The van der Waals surface area contributed by atoms with E-state index in [1.165, 1.54) is 154 Å². The van der Waals surface area contributed by atoms with Gasteiger partial charge >= 0.3 is 0 Å². The van der Waals surface area contributed by atoms with Crippen LogP contribution < -0.4 is 10.8 Å². The normalized spacial score (nSPS) is 14.4. The second-order valence-corrected chi connectivity index (χ2v) is 12.1. The second-order valence-electron chi connectivity index (χ2n) is 12.1. The van der Waals surface area contributed by atoms with Gasteiger partial charge in [-0.3, -0.25) is 0 Å². The summed E-state index contributed by atoms with van der Waals surface area (Å²) in [4.78, 5) is 10.2. The molecular weight excluding hydrogens is 442 g/mol. The standard InChI is InChI=1S/C25H53N.C8H14O2/c1-4-7-10-13-16-19-22-25(26,23-20-17-14-11-8-5-2)24-21-18-15-12-9-6-3;9-8(10)6-7-4-2-1-3-5-7/h4-24,26H2,1-3H3;7H,1-6H2,(H,9,10). The van der Waals surface area contributed by atoms with Crippen LogP contribution >= 0.6 is 0 Å². The van der Waals surface area contributed by atoms with Gasteiger partial charge in [0.1, 0.15) is 0 Å². The van der Waals surface area contributed by atoms with Crippen molar-refractivity contribution in [3.05, 3.63) is 0 Å². The largest absolute Gasteiger partial charge is 0.550 e. The van der Waals surface area contributed by atoms with Gasteiger partial charge < -0.3 is 15.6 Å². The first-order valence-corrected chi connectivity index (χ1v) is 16.5. The topological polar surface area (TPSA) is 67.8 Å². The van der Waals surface area contributed by atoms with Crippen LogP contribution in [-0.2, 0) is 4.79 Å². The molecule has 0 aromatic carbocycles. The Morgan fingerprint density at radius 2 is 0.944 bits per heavy atom. The summed E-state index contributed by atoms with van der Waals surface area (Å²) in [6.45, 7) is 6.92. The van der Waals surface area contributed by atoms with Gasteiger partial charge in [0.15, 0.2) is 0 Å². The highest BCUT2D eigenvalue weighted by molar-refractivity contribution is 5.64.